The molecule has 21 heavy (non-hydrogen) atoms. The minimum Gasteiger partial charge on any atom is -0.329 e. The minimum atomic E-state index is 0.231. The SMILES string of the molecule is CCCCCCC(C)(CN)N1CCC2C(CCCN2C)C1. The summed E-state index contributed by atoms with van der Waals surface area (Å²) >= 11 is 0. The maximum absolute atomic E-state index is 6.20. The summed E-state index contributed by atoms with van der Waals surface area (Å²) in [5.41, 5.74) is 6.43. The first-order valence-corrected chi connectivity index (χ1v) is 9.26. The summed E-state index contributed by atoms with van der Waals surface area (Å²) in [6.45, 7) is 9.32. The molecule has 0 saturated carbocycles. The normalized spacial score (nSPS) is 30.9. The van der Waals surface area contributed by atoms with Crippen molar-refractivity contribution in [1.82, 2.24) is 9.80 Å². The molecule has 124 valence electrons. The van der Waals surface area contributed by atoms with E-state index >= 15 is 0 Å². The van der Waals surface area contributed by atoms with E-state index in [0.717, 1.165) is 18.5 Å². The van der Waals surface area contributed by atoms with E-state index in [-0.39, 0.29) is 5.54 Å². The Morgan fingerprint density at radius 2 is 1.95 bits per heavy atom. The van der Waals surface area contributed by atoms with Crippen molar-refractivity contribution in [3.8, 4) is 0 Å². The smallest absolute Gasteiger partial charge is 0.0303 e. The number of fused-ring (bicyclic) bond motifs is 1. The van der Waals surface area contributed by atoms with Crippen LogP contribution in [0.4, 0.5) is 0 Å². The van der Waals surface area contributed by atoms with Crippen molar-refractivity contribution in [2.75, 3.05) is 33.2 Å². The van der Waals surface area contributed by atoms with Gasteiger partial charge < -0.3 is 10.6 Å². The van der Waals surface area contributed by atoms with Crippen LogP contribution in [0.1, 0.15) is 65.2 Å². The average molecular weight is 296 g/mol. The zero-order valence-corrected chi connectivity index (χ0v) is 14.6. The Balaban J connectivity index is 1.89. The monoisotopic (exact) mass is 295 g/mol. The number of nitrogens with two attached hydrogens (primary N) is 1. The fourth-order valence-corrected chi connectivity index (χ4v) is 4.46. The standard InChI is InChI=1S/C18H37N3/c1-4-5-6-7-11-18(2,15-19)21-13-10-17-16(14-21)9-8-12-20(17)3/h16-17H,4-15,19H2,1-3H3. The van der Waals surface area contributed by atoms with Crippen LogP contribution in [0.3, 0.4) is 0 Å². The molecule has 0 spiro atoms. The molecule has 2 heterocycles. The van der Waals surface area contributed by atoms with Gasteiger partial charge in [0, 0.05) is 31.2 Å². The Kier molecular flexibility index (Phi) is 6.51. The molecule has 0 aromatic rings. The Labute approximate surface area is 132 Å². The first kappa shape index (κ1) is 17.2. The third-order valence-electron chi connectivity index (χ3n) is 6.12. The second-order valence-corrected chi connectivity index (χ2v) is 7.70. The highest BCUT2D eigenvalue weighted by atomic mass is 15.2. The van der Waals surface area contributed by atoms with Crippen LogP contribution in [0.25, 0.3) is 0 Å². The van der Waals surface area contributed by atoms with Crippen LogP contribution >= 0.6 is 0 Å². The van der Waals surface area contributed by atoms with Crippen molar-refractivity contribution in [3.63, 3.8) is 0 Å². The molecule has 2 fully saturated rings. The van der Waals surface area contributed by atoms with Gasteiger partial charge in [0.05, 0.1) is 0 Å². The summed E-state index contributed by atoms with van der Waals surface area (Å²) in [5, 5.41) is 0. The molecule has 0 bridgehead atoms. The molecule has 0 aliphatic carbocycles. The van der Waals surface area contributed by atoms with Gasteiger partial charge in [0.15, 0.2) is 0 Å². The topological polar surface area (TPSA) is 32.5 Å². The van der Waals surface area contributed by atoms with Gasteiger partial charge in [-0.3, -0.25) is 4.90 Å². The first-order chi connectivity index (χ1) is 10.1. The van der Waals surface area contributed by atoms with Crippen molar-refractivity contribution in [2.24, 2.45) is 11.7 Å². The molecule has 2 aliphatic rings. The van der Waals surface area contributed by atoms with Crippen molar-refractivity contribution in [1.29, 1.82) is 0 Å². The van der Waals surface area contributed by atoms with Crippen LogP contribution < -0.4 is 5.73 Å². The fourth-order valence-electron chi connectivity index (χ4n) is 4.46. The van der Waals surface area contributed by atoms with E-state index in [1.807, 2.05) is 0 Å². The zero-order chi connectivity index (χ0) is 15.3. The lowest BCUT2D eigenvalue weighted by Gasteiger charge is -2.51. The quantitative estimate of drug-likeness (QED) is 0.733. The number of nitrogens with zero attached hydrogens (tertiary/aromatic N) is 2. The molecule has 0 aromatic heterocycles. The average Bonchev–Trinajstić information content (AvgIpc) is 2.51. The van der Waals surface area contributed by atoms with Gasteiger partial charge in [-0.25, -0.2) is 0 Å². The lowest BCUT2D eigenvalue weighted by Crippen LogP contribution is -2.60. The van der Waals surface area contributed by atoms with Crippen LogP contribution in [0.5, 0.6) is 0 Å². The highest BCUT2D eigenvalue weighted by molar-refractivity contribution is 4.96. The Morgan fingerprint density at radius 3 is 2.67 bits per heavy atom. The predicted octanol–water partition coefficient (Wildman–Crippen LogP) is 3.09. The van der Waals surface area contributed by atoms with E-state index in [1.165, 1.54) is 71.0 Å². The molecule has 2 saturated heterocycles. The summed E-state index contributed by atoms with van der Waals surface area (Å²) in [6.07, 6.45) is 10.8. The number of hydrogen-bond donors (Lipinski definition) is 1. The molecule has 0 amide bonds. The van der Waals surface area contributed by atoms with Crippen LogP contribution in [-0.2, 0) is 0 Å². The maximum atomic E-state index is 6.20. The van der Waals surface area contributed by atoms with Crippen molar-refractivity contribution >= 4 is 0 Å². The maximum Gasteiger partial charge on any atom is 0.0303 e. The molecule has 2 rings (SSSR count). The van der Waals surface area contributed by atoms with Crippen molar-refractivity contribution in [2.45, 2.75) is 76.8 Å². The van der Waals surface area contributed by atoms with Gasteiger partial charge in [-0.2, -0.15) is 0 Å². The van der Waals surface area contributed by atoms with Gasteiger partial charge in [0.1, 0.15) is 0 Å². The van der Waals surface area contributed by atoms with E-state index in [2.05, 4.69) is 30.7 Å². The molecule has 3 unspecified atom stereocenters. The van der Waals surface area contributed by atoms with Crippen LogP contribution in [0, 0.1) is 5.92 Å². The summed E-state index contributed by atoms with van der Waals surface area (Å²) in [6, 6.07) is 0.831. The van der Waals surface area contributed by atoms with Gasteiger partial charge >= 0.3 is 0 Å². The zero-order valence-electron chi connectivity index (χ0n) is 14.6. The third kappa shape index (κ3) is 4.20. The minimum absolute atomic E-state index is 0.231. The van der Waals surface area contributed by atoms with Gasteiger partial charge in [-0.1, -0.05) is 32.6 Å². The van der Waals surface area contributed by atoms with Crippen molar-refractivity contribution in [3.05, 3.63) is 0 Å². The second-order valence-electron chi connectivity index (χ2n) is 7.70. The van der Waals surface area contributed by atoms with E-state index in [4.69, 9.17) is 5.73 Å². The molecule has 3 nitrogen and oxygen atoms in total. The van der Waals surface area contributed by atoms with Gasteiger partial charge in [0.2, 0.25) is 0 Å². The summed E-state index contributed by atoms with van der Waals surface area (Å²) < 4.78 is 0. The van der Waals surface area contributed by atoms with E-state index < -0.39 is 0 Å². The summed E-state index contributed by atoms with van der Waals surface area (Å²) in [4.78, 5) is 5.34. The molecule has 3 heteroatoms. The molecular formula is C18H37N3. The first-order valence-electron chi connectivity index (χ1n) is 9.26. The fraction of sp³-hybridized carbons (Fsp3) is 1.00. The Morgan fingerprint density at radius 1 is 1.14 bits per heavy atom. The second kappa shape index (κ2) is 7.94. The lowest BCUT2D eigenvalue weighted by atomic mass is 9.81. The molecule has 0 aromatic carbocycles. The predicted molar refractivity (Wildman–Crippen MR) is 91.6 cm³/mol. The molecule has 2 N–H and O–H groups in total. The Bertz CT molecular complexity index is 307. The van der Waals surface area contributed by atoms with Gasteiger partial charge in [-0.05, 0) is 52.1 Å². The number of hydrogen-bond acceptors (Lipinski definition) is 3. The van der Waals surface area contributed by atoms with Crippen LogP contribution in [0.2, 0.25) is 0 Å². The largest absolute Gasteiger partial charge is 0.329 e. The Hall–Kier alpha value is -0.120. The molecular weight excluding hydrogens is 258 g/mol. The van der Waals surface area contributed by atoms with Crippen LogP contribution in [-0.4, -0.2) is 54.6 Å². The third-order valence-corrected chi connectivity index (χ3v) is 6.12. The van der Waals surface area contributed by atoms with Gasteiger partial charge in [-0.15, -0.1) is 0 Å². The lowest BCUT2D eigenvalue weighted by molar-refractivity contribution is -0.0116. The number of piperidine rings is 2. The van der Waals surface area contributed by atoms with E-state index in [9.17, 15) is 0 Å². The molecule has 3 atom stereocenters. The van der Waals surface area contributed by atoms with Gasteiger partial charge in [0.25, 0.3) is 0 Å². The highest BCUT2D eigenvalue weighted by Gasteiger charge is 2.39. The van der Waals surface area contributed by atoms with E-state index in [0.29, 0.717) is 0 Å². The molecule has 0 radical (unpaired) electrons. The summed E-state index contributed by atoms with van der Waals surface area (Å²) in [7, 11) is 2.32. The number of likely N-dealkylation sites (tertiary alicyclic amines) is 2. The number of unbranched alkanes of at least 4 members (excludes halogenated alkanes) is 3. The number of rotatable bonds is 7. The van der Waals surface area contributed by atoms with Crippen LogP contribution in [0.15, 0.2) is 0 Å². The van der Waals surface area contributed by atoms with E-state index in [1.54, 1.807) is 0 Å². The summed E-state index contributed by atoms with van der Waals surface area (Å²) in [5.74, 6) is 0.874. The highest BCUT2D eigenvalue weighted by Crippen LogP contribution is 2.34. The van der Waals surface area contributed by atoms with Crippen molar-refractivity contribution < 1.29 is 0 Å². The molecule has 2 aliphatic heterocycles.